The van der Waals surface area contributed by atoms with Gasteiger partial charge in [-0.05, 0) is 18.2 Å². The first kappa shape index (κ1) is 12.5. The van der Waals surface area contributed by atoms with E-state index in [0.717, 1.165) is 18.9 Å². The van der Waals surface area contributed by atoms with E-state index < -0.39 is 0 Å². The second-order valence-corrected chi connectivity index (χ2v) is 4.74. The van der Waals surface area contributed by atoms with Crippen LogP contribution < -0.4 is 10.6 Å². The third-order valence-electron chi connectivity index (χ3n) is 3.43. The van der Waals surface area contributed by atoms with E-state index in [2.05, 4.69) is 9.88 Å². The number of nitrogens with two attached hydrogens (primary N) is 1. The van der Waals surface area contributed by atoms with Crippen LogP contribution in [0.3, 0.4) is 0 Å². The second kappa shape index (κ2) is 5.24. The molecule has 3 heterocycles. The highest BCUT2D eigenvalue weighted by atomic mass is 16.3. The number of nitrogen functional groups attached to an aromatic ring is 1. The summed E-state index contributed by atoms with van der Waals surface area (Å²) in [4.78, 5) is 20.5. The van der Waals surface area contributed by atoms with Gasteiger partial charge >= 0.3 is 0 Å². The number of carbonyl (C=O) groups excluding carboxylic acids is 1. The largest absolute Gasteiger partial charge is 0.472 e. The average Bonchev–Trinajstić information content (AvgIpc) is 3.02. The van der Waals surface area contributed by atoms with Crippen molar-refractivity contribution in [2.75, 3.05) is 36.8 Å². The highest BCUT2D eigenvalue weighted by Crippen LogP contribution is 2.16. The number of hydrogen-bond acceptors (Lipinski definition) is 5. The van der Waals surface area contributed by atoms with Crippen LogP contribution in [-0.2, 0) is 0 Å². The third kappa shape index (κ3) is 2.45. The SMILES string of the molecule is Nc1ccc(N2CCN(C(=O)c3ccoc3)CC2)nc1. The molecule has 0 atom stereocenters. The molecule has 1 saturated heterocycles. The van der Waals surface area contributed by atoms with E-state index in [1.54, 1.807) is 12.3 Å². The van der Waals surface area contributed by atoms with Gasteiger partial charge in [0.05, 0.1) is 23.7 Å². The van der Waals surface area contributed by atoms with Gasteiger partial charge in [-0.2, -0.15) is 0 Å². The van der Waals surface area contributed by atoms with Gasteiger partial charge in [0.2, 0.25) is 0 Å². The minimum atomic E-state index is 0.0173. The van der Waals surface area contributed by atoms with E-state index in [1.165, 1.54) is 12.5 Å². The van der Waals surface area contributed by atoms with Gasteiger partial charge in [0, 0.05) is 26.2 Å². The monoisotopic (exact) mass is 272 g/mol. The molecule has 3 rings (SSSR count). The fourth-order valence-corrected chi connectivity index (χ4v) is 2.29. The minimum Gasteiger partial charge on any atom is -0.472 e. The molecule has 0 saturated carbocycles. The molecule has 0 radical (unpaired) electrons. The Hall–Kier alpha value is -2.50. The number of pyridine rings is 1. The number of hydrogen-bond donors (Lipinski definition) is 1. The lowest BCUT2D eigenvalue weighted by atomic mass is 10.2. The fourth-order valence-electron chi connectivity index (χ4n) is 2.29. The van der Waals surface area contributed by atoms with Crippen LogP contribution in [0.15, 0.2) is 41.3 Å². The van der Waals surface area contributed by atoms with Gasteiger partial charge in [-0.3, -0.25) is 4.79 Å². The van der Waals surface area contributed by atoms with Crippen molar-refractivity contribution >= 4 is 17.4 Å². The normalized spacial score (nSPS) is 15.4. The fraction of sp³-hybridized carbons (Fsp3) is 0.286. The quantitative estimate of drug-likeness (QED) is 0.889. The maximum atomic E-state index is 12.2. The molecule has 0 unspecified atom stereocenters. The molecule has 2 aromatic heterocycles. The maximum Gasteiger partial charge on any atom is 0.257 e. The Balaban J connectivity index is 1.62. The highest BCUT2D eigenvalue weighted by Gasteiger charge is 2.23. The number of furan rings is 1. The van der Waals surface area contributed by atoms with Gasteiger partial charge in [-0.1, -0.05) is 0 Å². The van der Waals surface area contributed by atoms with Crippen molar-refractivity contribution in [1.29, 1.82) is 0 Å². The van der Waals surface area contributed by atoms with Crippen molar-refractivity contribution in [3.63, 3.8) is 0 Å². The molecule has 6 heteroatoms. The summed E-state index contributed by atoms with van der Waals surface area (Å²) in [6.07, 6.45) is 4.65. The van der Waals surface area contributed by atoms with Gasteiger partial charge < -0.3 is 20.0 Å². The smallest absolute Gasteiger partial charge is 0.257 e. The van der Waals surface area contributed by atoms with Crippen LogP contribution in [0.2, 0.25) is 0 Å². The molecule has 1 aliphatic heterocycles. The van der Waals surface area contributed by atoms with E-state index >= 15 is 0 Å². The van der Waals surface area contributed by atoms with Gasteiger partial charge in [-0.15, -0.1) is 0 Å². The molecule has 20 heavy (non-hydrogen) atoms. The molecule has 2 N–H and O–H groups in total. The van der Waals surface area contributed by atoms with E-state index in [4.69, 9.17) is 10.2 Å². The summed E-state index contributed by atoms with van der Waals surface area (Å²) in [5, 5.41) is 0. The Kier molecular flexibility index (Phi) is 3.28. The van der Waals surface area contributed by atoms with Crippen LogP contribution in [0.4, 0.5) is 11.5 Å². The van der Waals surface area contributed by atoms with Gasteiger partial charge in [-0.25, -0.2) is 4.98 Å². The zero-order valence-electron chi connectivity index (χ0n) is 11.0. The van der Waals surface area contributed by atoms with Crippen molar-refractivity contribution in [1.82, 2.24) is 9.88 Å². The van der Waals surface area contributed by atoms with Crippen molar-refractivity contribution in [2.45, 2.75) is 0 Å². The second-order valence-electron chi connectivity index (χ2n) is 4.74. The van der Waals surface area contributed by atoms with Crippen LogP contribution in [0.25, 0.3) is 0 Å². The van der Waals surface area contributed by atoms with E-state index in [9.17, 15) is 4.79 Å². The topological polar surface area (TPSA) is 75.6 Å². The van der Waals surface area contributed by atoms with Crippen LogP contribution in [0.1, 0.15) is 10.4 Å². The molecule has 104 valence electrons. The Morgan fingerprint density at radius 3 is 2.60 bits per heavy atom. The van der Waals surface area contributed by atoms with Crippen molar-refractivity contribution in [3.05, 3.63) is 42.5 Å². The molecular weight excluding hydrogens is 256 g/mol. The summed E-state index contributed by atoms with van der Waals surface area (Å²) in [5.41, 5.74) is 6.89. The van der Waals surface area contributed by atoms with Gasteiger partial charge in [0.15, 0.2) is 0 Å². The summed E-state index contributed by atoms with van der Waals surface area (Å²) in [5.74, 6) is 0.915. The van der Waals surface area contributed by atoms with E-state index in [0.29, 0.717) is 24.3 Å². The summed E-state index contributed by atoms with van der Waals surface area (Å²) >= 11 is 0. The molecule has 1 aliphatic rings. The highest BCUT2D eigenvalue weighted by molar-refractivity contribution is 5.94. The van der Waals surface area contributed by atoms with Crippen LogP contribution in [0.5, 0.6) is 0 Å². The third-order valence-corrected chi connectivity index (χ3v) is 3.43. The molecule has 0 aromatic carbocycles. The van der Waals surface area contributed by atoms with Gasteiger partial charge in [0.1, 0.15) is 12.1 Å². The molecule has 0 spiro atoms. The lowest BCUT2D eigenvalue weighted by Crippen LogP contribution is -2.49. The summed E-state index contributed by atoms with van der Waals surface area (Å²) in [6.45, 7) is 2.88. The van der Waals surface area contributed by atoms with Crippen molar-refractivity contribution in [2.24, 2.45) is 0 Å². The maximum absolute atomic E-state index is 12.2. The zero-order valence-corrected chi connectivity index (χ0v) is 11.0. The van der Waals surface area contributed by atoms with Crippen LogP contribution >= 0.6 is 0 Å². The van der Waals surface area contributed by atoms with Crippen LogP contribution in [-0.4, -0.2) is 42.0 Å². The number of amides is 1. The molecule has 0 bridgehead atoms. The Morgan fingerprint density at radius 2 is 2.00 bits per heavy atom. The Bertz CT molecular complexity index is 572. The summed E-state index contributed by atoms with van der Waals surface area (Å²) < 4.78 is 4.95. The standard InChI is InChI=1S/C14H16N4O2/c15-12-1-2-13(16-9-12)17-4-6-18(7-5-17)14(19)11-3-8-20-10-11/h1-3,8-10H,4-7,15H2. The Morgan fingerprint density at radius 1 is 1.20 bits per heavy atom. The van der Waals surface area contributed by atoms with E-state index in [-0.39, 0.29) is 5.91 Å². The van der Waals surface area contributed by atoms with Crippen molar-refractivity contribution in [3.8, 4) is 0 Å². The molecule has 2 aromatic rings. The Labute approximate surface area is 116 Å². The van der Waals surface area contributed by atoms with Crippen molar-refractivity contribution < 1.29 is 9.21 Å². The number of aromatic nitrogens is 1. The molecule has 0 aliphatic carbocycles. The minimum absolute atomic E-state index is 0.0173. The van der Waals surface area contributed by atoms with Crippen LogP contribution in [0, 0.1) is 0 Å². The zero-order chi connectivity index (χ0) is 13.9. The molecule has 6 nitrogen and oxygen atoms in total. The number of carbonyl (C=O) groups is 1. The molecule has 1 amide bonds. The number of rotatable bonds is 2. The molecular formula is C14H16N4O2. The molecule has 1 fully saturated rings. The predicted octanol–water partition coefficient (Wildman–Crippen LogP) is 1.22. The predicted molar refractivity (Wildman–Crippen MR) is 75.5 cm³/mol. The first-order valence-corrected chi connectivity index (χ1v) is 6.52. The number of anilines is 2. The first-order valence-electron chi connectivity index (χ1n) is 6.52. The summed E-state index contributed by atoms with van der Waals surface area (Å²) in [7, 11) is 0. The lowest BCUT2D eigenvalue weighted by molar-refractivity contribution is 0.0746. The number of piperazine rings is 1. The lowest BCUT2D eigenvalue weighted by Gasteiger charge is -2.35. The number of nitrogens with zero attached hydrogens (tertiary/aromatic N) is 3. The summed E-state index contributed by atoms with van der Waals surface area (Å²) in [6, 6.07) is 5.43. The first-order chi connectivity index (χ1) is 9.74. The van der Waals surface area contributed by atoms with E-state index in [1.807, 2.05) is 17.0 Å². The average molecular weight is 272 g/mol. The van der Waals surface area contributed by atoms with Gasteiger partial charge in [0.25, 0.3) is 5.91 Å².